The van der Waals surface area contributed by atoms with Crippen molar-refractivity contribution in [2.75, 3.05) is 31.5 Å². The van der Waals surface area contributed by atoms with Gasteiger partial charge >= 0.3 is 6.03 Å². The average Bonchev–Trinajstić information content (AvgIpc) is 3.49. The lowest BCUT2D eigenvalue weighted by molar-refractivity contribution is -0.0494. The average molecular weight is 454 g/mol. The van der Waals surface area contributed by atoms with Gasteiger partial charge in [0.1, 0.15) is 5.65 Å². The predicted octanol–water partition coefficient (Wildman–Crippen LogP) is 3.92. The first-order valence-corrected chi connectivity index (χ1v) is 11.1. The van der Waals surface area contributed by atoms with E-state index in [1.165, 1.54) is 11.1 Å². The SMILES string of the molecule is O=C(Nc1cncc(-n2ccc3cc(C(=O)N4CCC(F)(F)CC4)cnc32)c1)N1CCCC1. The Bertz CT molecular complexity index is 1190. The number of halogens is 2. The van der Waals surface area contributed by atoms with Crippen LogP contribution in [0.2, 0.25) is 0 Å². The molecule has 2 aliphatic heterocycles. The lowest BCUT2D eigenvalue weighted by atomic mass is 10.1. The molecule has 0 spiro atoms. The van der Waals surface area contributed by atoms with Crippen LogP contribution in [0.25, 0.3) is 16.7 Å². The first-order chi connectivity index (χ1) is 15.9. The van der Waals surface area contributed by atoms with Crippen molar-refractivity contribution < 1.29 is 18.4 Å². The summed E-state index contributed by atoms with van der Waals surface area (Å²) in [7, 11) is 0. The number of anilines is 1. The zero-order valence-electron chi connectivity index (χ0n) is 18.0. The Morgan fingerprint density at radius 3 is 2.48 bits per heavy atom. The number of alkyl halides is 2. The van der Waals surface area contributed by atoms with Gasteiger partial charge in [-0.3, -0.25) is 14.3 Å². The van der Waals surface area contributed by atoms with E-state index in [9.17, 15) is 18.4 Å². The minimum atomic E-state index is -2.70. The van der Waals surface area contributed by atoms with Crippen LogP contribution in [0.1, 0.15) is 36.0 Å². The van der Waals surface area contributed by atoms with Crippen molar-refractivity contribution in [1.29, 1.82) is 0 Å². The number of rotatable bonds is 3. The molecular weight excluding hydrogens is 430 g/mol. The number of hydrogen-bond acceptors (Lipinski definition) is 4. The number of urea groups is 1. The fourth-order valence-electron chi connectivity index (χ4n) is 4.32. The normalized spacial score (nSPS) is 18.0. The summed E-state index contributed by atoms with van der Waals surface area (Å²) < 4.78 is 28.6. The number of amides is 3. The van der Waals surface area contributed by atoms with E-state index < -0.39 is 5.92 Å². The fraction of sp³-hybridized carbons (Fsp3) is 0.391. The number of likely N-dealkylation sites (tertiary alicyclic amines) is 2. The molecule has 172 valence electrons. The zero-order valence-corrected chi connectivity index (χ0v) is 18.0. The number of pyridine rings is 2. The molecule has 0 aromatic carbocycles. The Balaban J connectivity index is 1.35. The Morgan fingerprint density at radius 2 is 1.73 bits per heavy atom. The molecule has 33 heavy (non-hydrogen) atoms. The van der Waals surface area contributed by atoms with Gasteiger partial charge in [-0.15, -0.1) is 0 Å². The number of aromatic nitrogens is 3. The summed E-state index contributed by atoms with van der Waals surface area (Å²) in [5.74, 6) is -2.99. The highest BCUT2D eigenvalue weighted by atomic mass is 19.3. The molecule has 8 nitrogen and oxygen atoms in total. The summed E-state index contributed by atoms with van der Waals surface area (Å²) >= 11 is 0. The van der Waals surface area contributed by atoms with E-state index in [-0.39, 0.29) is 37.9 Å². The van der Waals surface area contributed by atoms with E-state index >= 15 is 0 Å². The van der Waals surface area contributed by atoms with Crippen LogP contribution in [-0.4, -0.2) is 68.4 Å². The minimum absolute atomic E-state index is 0.0342. The molecule has 5 heterocycles. The number of carbonyl (C=O) groups excluding carboxylic acids is 2. The van der Waals surface area contributed by atoms with Crippen molar-refractivity contribution in [2.24, 2.45) is 0 Å². The summed E-state index contributed by atoms with van der Waals surface area (Å²) in [5, 5.41) is 3.63. The van der Waals surface area contributed by atoms with Crippen molar-refractivity contribution in [2.45, 2.75) is 31.6 Å². The molecule has 0 aliphatic carbocycles. The van der Waals surface area contributed by atoms with Crippen molar-refractivity contribution >= 4 is 28.7 Å². The Hall–Kier alpha value is -3.56. The highest BCUT2D eigenvalue weighted by molar-refractivity contribution is 5.97. The van der Waals surface area contributed by atoms with E-state index in [0.29, 0.717) is 22.6 Å². The van der Waals surface area contributed by atoms with Crippen LogP contribution in [0.5, 0.6) is 0 Å². The lowest BCUT2D eigenvalue weighted by Crippen LogP contribution is -2.42. The van der Waals surface area contributed by atoms with Crippen LogP contribution in [-0.2, 0) is 0 Å². The van der Waals surface area contributed by atoms with Crippen LogP contribution in [0, 0.1) is 0 Å². The molecule has 2 aliphatic rings. The van der Waals surface area contributed by atoms with E-state index in [1.807, 2.05) is 22.9 Å². The van der Waals surface area contributed by atoms with Gasteiger partial charge in [0.15, 0.2) is 0 Å². The number of fused-ring (bicyclic) bond motifs is 1. The molecule has 0 radical (unpaired) electrons. The molecule has 0 unspecified atom stereocenters. The zero-order chi connectivity index (χ0) is 23.0. The molecule has 10 heteroatoms. The van der Waals surface area contributed by atoms with Gasteiger partial charge < -0.3 is 15.1 Å². The van der Waals surface area contributed by atoms with E-state index in [4.69, 9.17) is 0 Å². The summed E-state index contributed by atoms with van der Waals surface area (Å²) in [6.45, 7) is 1.58. The van der Waals surface area contributed by atoms with Crippen LogP contribution >= 0.6 is 0 Å². The Kier molecular flexibility index (Phi) is 5.43. The Morgan fingerprint density at radius 1 is 0.970 bits per heavy atom. The van der Waals surface area contributed by atoms with Gasteiger partial charge in [0, 0.05) is 56.8 Å². The summed E-state index contributed by atoms with van der Waals surface area (Å²) in [4.78, 5) is 37.1. The molecule has 3 aromatic heterocycles. The van der Waals surface area contributed by atoms with Gasteiger partial charge in [0.05, 0.1) is 29.3 Å². The van der Waals surface area contributed by atoms with Crippen LogP contribution in [0.3, 0.4) is 0 Å². The standard InChI is InChI=1S/C23H24F2N6O2/c24-23(25)4-9-29(10-5-23)21(32)17-11-16-3-8-31(20(16)27-13-17)19-12-18(14-26-15-19)28-22(33)30-6-1-2-7-30/h3,8,11-15H,1-2,4-7,9-10H2,(H,28,33). The van der Waals surface area contributed by atoms with Crippen molar-refractivity contribution in [3.63, 3.8) is 0 Å². The van der Waals surface area contributed by atoms with Crippen molar-refractivity contribution in [1.82, 2.24) is 24.3 Å². The molecule has 3 amide bonds. The topological polar surface area (TPSA) is 83.4 Å². The maximum Gasteiger partial charge on any atom is 0.321 e. The molecule has 2 saturated heterocycles. The third kappa shape index (κ3) is 4.37. The molecule has 5 rings (SSSR count). The minimum Gasteiger partial charge on any atom is -0.338 e. The third-order valence-corrected chi connectivity index (χ3v) is 6.20. The maximum absolute atomic E-state index is 13.4. The molecule has 0 atom stereocenters. The molecular formula is C23H24F2N6O2. The predicted molar refractivity (Wildman–Crippen MR) is 119 cm³/mol. The second-order valence-corrected chi connectivity index (χ2v) is 8.53. The monoisotopic (exact) mass is 454 g/mol. The van der Waals surface area contributed by atoms with Gasteiger partial charge in [-0.05, 0) is 31.0 Å². The smallest absolute Gasteiger partial charge is 0.321 e. The van der Waals surface area contributed by atoms with Crippen LogP contribution in [0.4, 0.5) is 19.3 Å². The quantitative estimate of drug-likeness (QED) is 0.650. The van der Waals surface area contributed by atoms with Crippen molar-refractivity contribution in [3.8, 4) is 5.69 Å². The van der Waals surface area contributed by atoms with Crippen LogP contribution in [0.15, 0.2) is 43.0 Å². The second-order valence-electron chi connectivity index (χ2n) is 8.53. The van der Waals surface area contributed by atoms with Crippen LogP contribution < -0.4 is 5.32 Å². The molecule has 0 saturated carbocycles. The lowest BCUT2D eigenvalue weighted by Gasteiger charge is -2.31. The third-order valence-electron chi connectivity index (χ3n) is 6.20. The van der Waals surface area contributed by atoms with Gasteiger partial charge in [0.25, 0.3) is 11.8 Å². The molecule has 2 fully saturated rings. The molecule has 0 bridgehead atoms. The van der Waals surface area contributed by atoms with Gasteiger partial charge in [-0.1, -0.05) is 0 Å². The highest BCUT2D eigenvalue weighted by Crippen LogP contribution is 2.29. The molecule has 1 N–H and O–H groups in total. The second kappa shape index (κ2) is 8.42. The largest absolute Gasteiger partial charge is 0.338 e. The number of nitrogens with one attached hydrogen (secondary N) is 1. The number of nitrogens with zero attached hydrogens (tertiary/aromatic N) is 5. The first-order valence-electron chi connectivity index (χ1n) is 11.1. The fourth-order valence-corrected chi connectivity index (χ4v) is 4.32. The number of piperidine rings is 1. The molecule has 3 aromatic rings. The maximum atomic E-state index is 13.4. The number of carbonyl (C=O) groups is 2. The van der Waals surface area contributed by atoms with Gasteiger partial charge in [-0.2, -0.15) is 0 Å². The van der Waals surface area contributed by atoms with Gasteiger partial charge in [-0.25, -0.2) is 18.6 Å². The highest BCUT2D eigenvalue weighted by Gasteiger charge is 2.35. The van der Waals surface area contributed by atoms with Gasteiger partial charge in [0.2, 0.25) is 0 Å². The first kappa shape index (κ1) is 21.3. The van der Waals surface area contributed by atoms with E-state index in [1.54, 1.807) is 23.4 Å². The Labute approximate surface area is 189 Å². The van der Waals surface area contributed by atoms with E-state index in [0.717, 1.165) is 31.3 Å². The van der Waals surface area contributed by atoms with Crippen molar-refractivity contribution in [3.05, 3.63) is 48.5 Å². The summed E-state index contributed by atoms with van der Waals surface area (Å²) in [6, 6.07) is 5.23. The summed E-state index contributed by atoms with van der Waals surface area (Å²) in [5.41, 5.74) is 2.30. The van der Waals surface area contributed by atoms with E-state index in [2.05, 4.69) is 15.3 Å². The number of hydrogen-bond donors (Lipinski definition) is 1. The summed E-state index contributed by atoms with van der Waals surface area (Å²) in [6.07, 6.45) is 7.94.